The van der Waals surface area contributed by atoms with Gasteiger partial charge in [-0.25, -0.2) is 13.4 Å². The summed E-state index contributed by atoms with van der Waals surface area (Å²) >= 11 is 0.634. The van der Waals surface area contributed by atoms with Gasteiger partial charge < -0.3 is 4.84 Å². The second-order valence-corrected chi connectivity index (χ2v) is 9.32. The number of nitrogens with one attached hydrogen (secondary N) is 1. The lowest BCUT2D eigenvalue weighted by Crippen LogP contribution is -2.24. The fourth-order valence-electron chi connectivity index (χ4n) is 2.25. The van der Waals surface area contributed by atoms with Crippen LogP contribution in [0.2, 0.25) is 0 Å². The Bertz CT molecular complexity index is 1030. The highest BCUT2D eigenvalue weighted by molar-refractivity contribution is 7.92. The smallest absolute Gasteiger partial charge is 0.280 e. The van der Waals surface area contributed by atoms with Crippen LogP contribution in [0.25, 0.3) is 0 Å². The van der Waals surface area contributed by atoms with E-state index in [-0.39, 0.29) is 38.9 Å². The molecule has 3 rings (SSSR count). The number of thiazole rings is 1. The van der Waals surface area contributed by atoms with Crippen molar-refractivity contribution in [1.29, 1.82) is 0 Å². The number of benzene rings is 1. The van der Waals surface area contributed by atoms with Gasteiger partial charge in [0.2, 0.25) is 0 Å². The fourth-order valence-corrected chi connectivity index (χ4v) is 4.45. The minimum Gasteiger partial charge on any atom is -0.387 e. The molecule has 1 fully saturated rings. The van der Waals surface area contributed by atoms with E-state index in [1.165, 1.54) is 31.2 Å². The highest BCUT2D eigenvalue weighted by Crippen LogP contribution is 2.33. The van der Waals surface area contributed by atoms with Gasteiger partial charge in [0.25, 0.3) is 5.91 Å². The second-order valence-electron chi connectivity index (χ2n) is 6.11. The summed E-state index contributed by atoms with van der Waals surface area (Å²) in [6, 6.07) is 5.63. The van der Waals surface area contributed by atoms with Gasteiger partial charge in [0.1, 0.15) is 0 Å². The lowest BCUT2D eigenvalue weighted by Gasteiger charge is -2.08. The Hall–Kier alpha value is -2.66. The molecule has 1 aromatic carbocycles. The van der Waals surface area contributed by atoms with E-state index in [0.717, 1.165) is 6.20 Å². The minimum absolute atomic E-state index is 0.0229. The van der Waals surface area contributed by atoms with Gasteiger partial charge in [-0.3, -0.25) is 14.9 Å². The van der Waals surface area contributed by atoms with E-state index in [2.05, 4.69) is 15.5 Å². The van der Waals surface area contributed by atoms with Crippen LogP contribution in [0.15, 0.2) is 40.5 Å². The Kier molecular flexibility index (Phi) is 5.84. The van der Waals surface area contributed by atoms with E-state index in [1.54, 1.807) is 0 Å². The predicted molar refractivity (Wildman–Crippen MR) is 101 cm³/mol. The minimum atomic E-state index is -3.37. The first-order chi connectivity index (χ1) is 13.3. The van der Waals surface area contributed by atoms with Crippen molar-refractivity contribution in [2.45, 2.75) is 29.9 Å². The largest absolute Gasteiger partial charge is 0.387 e. The number of oxime groups is 1. The van der Waals surface area contributed by atoms with Gasteiger partial charge >= 0.3 is 0 Å². The standard InChI is InChI=1S/C17H16FN3O5S2/c1-10(22)9-26-21-15(16(23)20-17-19-8-14(18)27-17)11-2-4-12(5-3-11)28(24,25)13-6-7-13/h2-5,8,13H,6-7,9H2,1H3,(H,19,20,23). The van der Waals surface area contributed by atoms with Crippen LogP contribution >= 0.6 is 11.3 Å². The highest BCUT2D eigenvalue weighted by atomic mass is 32.2. The lowest BCUT2D eigenvalue weighted by atomic mass is 10.1. The van der Waals surface area contributed by atoms with Crippen LogP contribution in [-0.4, -0.2) is 42.7 Å². The molecule has 28 heavy (non-hydrogen) atoms. The number of ketones is 1. The Labute approximate surface area is 164 Å². The number of amides is 1. The van der Waals surface area contributed by atoms with E-state index in [9.17, 15) is 22.4 Å². The number of hydrogen-bond donors (Lipinski definition) is 1. The molecule has 0 bridgehead atoms. The van der Waals surface area contributed by atoms with Gasteiger partial charge in [0.05, 0.1) is 16.3 Å². The van der Waals surface area contributed by atoms with Gasteiger partial charge in [-0.05, 0) is 31.9 Å². The summed E-state index contributed by atoms with van der Waals surface area (Å²) in [5.41, 5.74) is 0.0695. The average molecular weight is 425 g/mol. The third-order valence-electron chi connectivity index (χ3n) is 3.76. The van der Waals surface area contributed by atoms with Gasteiger partial charge in [-0.15, -0.1) is 0 Å². The highest BCUT2D eigenvalue weighted by Gasteiger charge is 2.36. The number of carbonyl (C=O) groups is 2. The van der Waals surface area contributed by atoms with Crippen LogP contribution in [0.3, 0.4) is 0 Å². The van der Waals surface area contributed by atoms with E-state index in [1.807, 2.05) is 0 Å². The molecule has 0 spiro atoms. The molecule has 1 aromatic heterocycles. The molecular weight excluding hydrogens is 409 g/mol. The second kappa shape index (κ2) is 8.15. The van der Waals surface area contributed by atoms with E-state index in [4.69, 9.17) is 4.84 Å². The third kappa shape index (κ3) is 4.78. The Morgan fingerprint density at radius 3 is 2.54 bits per heavy atom. The number of carbonyl (C=O) groups excluding carboxylic acids is 2. The van der Waals surface area contributed by atoms with Crippen LogP contribution in [-0.2, 0) is 24.3 Å². The lowest BCUT2D eigenvalue weighted by molar-refractivity contribution is -0.121. The van der Waals surface area contributed by atoms with E-state index >= 15 is 0 Å². The quantitative estimate of drug-likeness (QED) is 0.512. The first-order valence-corrected chi connectivity index (χ1v) is 10.6. The summed E-state index contributed by atoms with van der Waals surface area (Å²) in [7, 11) is -3.37. The fraction of sp³-hybridized carbons (Fsp3) is 0.294. The zero-order valence-electron chi connectivity index (χ0n) is 14.7. The maximum Gasteiger partial charge on any atom is 0.280 e. The number of halogens is 1. The number of anilines is 1. The van der Waals surface area contributed by atoms with Crippen molar-refractivity contribution in [1.82, 2.24) is 4.98 Å². The molecule has 8 nitrogen and oxygen atoms in total. The van der Waals surface area contributed by atoms with Crippen molar-refractivity contribution in [3.8, 4) is 0 Å². The first kappa shape index (κ1) is 20.1. The monoisotopic (exact) mass is 425 g/mol. The molecule has 1 saturated carbocycles. The SMILES string of the molecule is CC(=O)CON=C(C(=O)Nc1ncc(F)s1)c1ccc(S(=O)(=O)C2CC2)cc1. The number of hydrogen-bond acceptors (Lipinski definition) is 8. The molecule has 0 saturated heterocycles. The van der Waals surface area contributed by atoms with Crippen molar-refractivity contribution in [3.63, 3.8) is 0 Å². The maximum atomic E-state index is 13.1. The van der Waals surface area contributed by atoms with Crippen LogP contribution in [0.1, 0.15) is 25.3 Å². The van der Waals surface area contributed by atoms with Crippen molar-refractivity contribution in [3.05, 3.63) is 41.2 Å². The molecule has 1 aliphatic carbocycles. The molecular formula is C17H16FN3O5S2. The molecule has 11 heteroatoms. The molecule has 1 N–H and O–H groups in total. The molecule has 2 aromatic rings. The summed E-state index contributed by atoms with van der Waals surface area (Å²) in [6.07, 6.45) is 2.24. The number of Topliss-reactive ketones (excluding diaryl/α,β-unsaturated/α-hetero) is 1. The van der Waals surface area contributed by atoms with Crippen molar-refractivity contribution >= 4 is 43.7 Å². The van der Waals surface area contributed by atoms with E-state index in [0.29, 0.717) is 24.2 Å². The zero-order valence-corrected chi connectivity index (χ0v) is 16.3. The molecule has 0 aliphatic heterocycles. The van der Waals surface area contributed by atoms with Crippen molar-refractivity contribution in [2.24, 2.45) is 5.16 Å². The first-order valence-electron chi connectivity index (χ1n) is 8.24. The van der Waals surface area contributed by atoms with Gasteiger partial charge in [0.15, 0.2) is 38.2 Å². The summed E-state index contributed by atoms with van der Waals surface area (Å²) in [5, 5.41) is 5.18. The van der Waals surface area contributed by atoms with Crippen molar-refractivity contribution in [2.75, 3.05) is 11.9 Å². The van der Waals surface area contributed by atoms with Crippen LogP contribution in [0.5, 0.6) is 0 Å². The number of aromatic nitrogens is 1. The Morgan fingerprint density at radius 2 is 2.00 bits per heavy atom. The third-order valence-corrected chi connectivity index (χ3v) is 6.74. The van der Waals surface area contributed by atoms with Gasteiger partial charge in [-0.1, -0.05) is 28.6 Å². The summed E-state index contributed by atoms with van der Waals surface area (Å²) in [6.45, 7) is 0.960. The van der Waals surface area contributed by atoms with Crippen molar-refractivity contribution < 1.29 is 27.2 Å². The molecule has 0 unspecified atom stereocenters. The van der Waals surface area contributed by atoms with Crippen LogP contribution in [0, 0.1) is 5.13 Å². The maximum absolute atomic E-state index is 13.1. The number of rotatable bonds is 8. The normalized spacial score (nSPS) is 14.6. The number of sulfone groups is 1. The molecule has 1 heterocycles. The van der Waals surface area contributed by atoms with Crippen LogP contribution in [0.4, 0.5) is 9.52 Å². The zero-order chi connectivity index (χ0) is 20.3. The average Bonchev–Trinajstić information content (AvgIpc) is 3.43. The molecule has 1 aliphatic rings. The summed E-state index contributed by atoms with van der Waals surface area (Å²) < 4.78 is 37.6. The van der Waals surface area contributed by atoms with E-state index < -0.39 is 20.9 Å². The molecule has 0 radical (unpaired) electrons. The molecule has 0 atom stereocenters. The topological polar surface area (TPSA) is 115 Å². The summed E-state index contributed by atoms with van der Waals surface area (Å²) in [4.78, 5) is 32.3. The van der Waals surface area contributed by atoms with Gasteiger partial charge in [0, 0.05) is 5.56 Å². The summed E-state index contributed by atoms with van der Waals surface area (Å²) in [5.74, 6) is -1.04. The molecule has 148 valence electrons. The Morgan fingerprint density at radius 1 is 1.32 bits per heavy atom. The van der Waals surface area contributed by atoms with Gasteiger partial charge in [-0.2, -0.15) is 4.39 Å². The Balaban J connectivity index is 1.85. The number of nitrogens with zero attached hydrogens (tertiary/aromatic N) is 2. The molecule has 1 amide bonds. The predicted octanol–water partition coefficient (Wildman–Crippen LogP) is 2.17. The van der Waals surface area contributed by atoms with Crippen LogP contribution < -0.4 is 5.32 Å².